The minimum Gasteiger partial charge on any atom is -0.376 e. The van der Waals surface area contributed by atoms with Crippen LogP contribution in [0.15, 0.2) is 53.4 Å². The Hall–Kier alpha value is -2.45. The molecule has 2 aromatic rings. The number of benzene rings is 2. The van der Waals surface area contributed by atoms with Gasteiger partial charge in [-0.15, -0.1) is 0 Å². The Balaban J connectivity index is 1.42. The summed E-state index contributed by atoms with van der Waals surface area (Å²) >= 11 is 0. The third kappa shape index (κ3) is 4.28. The molecule has 2 aliphatic rings. The van der Waals surface area contributed by atoms with E-state index in [0.717, 1.165) is 50.0 Å². The minimum absolute atomic E-state index is 0.00681. The van der Waals surface area contributed by atoms with Crippen LogP contribution in [0, 0.1) is 5.82 Å². The maximum atomic E-state index is 13.0. The van der Waals surface area contributed by atoms with Gasteiger partial charge in [0.1, 0.15) is 5.82 Å². The van der Waals surface area contributed by atoms with Crippen molar-refractivity contribution in [2.75, 3.05) is 17.9 Å². The van der Waals surface area contributed by atoms with Gasteiger partial charge in [0.25, 0.3) is 10.0 Å². The van der Waals surface area contributed by atoms with Gasteiger partial charge in [-0.3, -0.25) is 9.52 Å². The van der Waals surface area contributed by atoms with E-state index < -0.39 is 21.3 Å². The molecule has 2 aromatic carbocycles. The molecule has 0 radical (unpaired) electrons. The highest BCUT2D eigenvalue weighted by atomic mass is 32.2. The molecule has 2 N–H and O–H groups in total. The van der Waals surface area contributed by atoms with Crippen LogP contribution in [0.1, 0.15) is 31.2 Å². The van der Waals surface area contributed by atoms with Crippen molar-refractivity contribution in [3.8, 4) is 0 Å². The number of amides is 1. The molecule has 2 fully saturated rings. The first-order valence-corrected chi connectivity index (χ1v) is 11.2. The fourth-order valence-electron chi connectivity index (χ4n) is 3.64. The standard InChI is InChI=1S/C21H23FN2O4S/c22-16-5-9-19(10-6-16)29(26,27)24-17-7-3-15(4-8-17)21(11-12-21)20(25)23-14-18-2-1-13-28-18/h3-10,18,24H,1-2,11-14H2,(H,23,25)/t18-/m0/s1. The van der Waals surface area contributed by atoms with Crippen molar-refractivity contribution >= 4 is 21.6 Å². The lowest BCUT2D eigenvalue weighted by molar-refractivity contribution is -0.124. The van der Waals surface area contributed by atoms with Crippen LogP contribution in [0.25, 0.3) is 0 Å². The van der Waals surface area contributed by atoms with E-state index in [4.69, 9.17) is 4.74 Å². The Morgan fingerprint density at radius 2 is 1.79 bits per heavy atom. The fraction of sp³-hybridized carbons (Fsp3) is 0.381. The van der Waals surface area contributed by atoms with Gasteiger partial charge in [-0.2, -0.15) is 0 Å². The number of hydrogen-bond acceptors (Lipinski definition) is 4. The number of anilines is 1. The molecular formula is C21H23FN2O4S. The van der Waals surface area contributed by atoms with Crippen molar-refractivity contribution in [3.63, 3.8) is 0 Å². The molecule has 29 heavy (non-hydrogen) atoms. The van der Waals surface area contributed by atoms with Gasteiger partial charge in [0.15, 0.2) is 0 Å². The molecule has 154 valence electrons. The molecule has 0 bridgehead atoms. The van der Waals surface area contributed by atoms with Crippen LogP contribution in [-0.2, 0) is 25.0 Å². The third-order valence-corrected chi connectivity index (χ3v) is 6.91. The van der Waals surface area contributed by atoms with E-state index in [1.54, 1.807) is 24.3 Å². The summed E-state index contributed by atoms with van der Waals surface area (Å²) in [5, 5.41) is 3.00. The number of nitrogens with one attached hydrogen (secondary N) is 2. The molecule has 4 rings (SSSR count). The summed E-state index contributed by atoms with van der Waals surface area (Å²) in [7, 11) is -3.81. The Bertz CT molecular complexity index is 980. The average molecular weight is 418 g/mol. The molecule has 8 heteroatoms. The van der Waals surface area contributed by atoms with Crippen molar-refractivity contribution in [1.82, 2.24) is 5.32 Å². The van der Waals surface area contributed by atoms with Crippen LogP contribution in [-0.4, -0.2) is 33.6 Å². The Morgan fingerprint density at radius 3 is 2.38 bits per heavy atom. The van der Waals surface area contributed by atoms with E-state index in [-0.39, 0.29) is 16.9 Å². The largest absolute Gasteiger partial charge is 0.376 e. The second-order valence-electron chi connectivity index (χ2n) is 7.56. The molecule has 0 unspecified atom stereocenters. The topological polar surface area (TPSA) is 84.5 Å². The van der Waals surface area contributed by atoms with Gasteiger partial charge in [-0.1, -0.05) is 12.1 Å². The second kappa shape index (κ2) is 7.76. The molecule has 0 aromatic heterocycles. The molecule has 6 nitrogen and oxygen atoms in total. The monoisotopic (exact) mass is 418 g/mol. The number of carbonyl (C=O) groups is 1. The predicted molar refractivity (Wildman–Crippen MR) is 107 cm³/mol. The van der Waals surface area contributed by atoms with Crippen LogP contribution >= 0.6 is 0 Å². The van der Waals surface area contributed by atoms with Crippen molar-refractivity contribution < 1.29 is 22.3 Å². The summed E-state index contributed by atoms with van der Waals surface area (Å²) in [4.78, 5) is 12.7. The first kappa shape index (κ1) is 19.8. The highest BCUT2D eigenvalue weighted by Gasteiger charge is 2.51. The molecule has 1 saturated carbocycles. The third-order valence-electron chi connectivity index (χ3n) is 5.51. The average Bonchev–Trinajstić information content (AvgIpc) is 3.35. The van der Waals surface area contributed by atoms with Gasteiger partial charge in [0.05, 0.1) is 16.4 Å². The smallest absolute Gasteiger partial charge is 0.261 e. The van der Waals surface area contributed by atoms with Gasteiger partial charge in [0, 0.05) is 18.8 Å². The van der Waals surface area contributed by atoms with Crippen LogP contribution < -0.4 is 10.0 Å². The van der Waals surface area contributed by atoms with E-state index in [1.807, 2.05) is 0 Å². The van der Waals surface area contributed by atoms with Gasteiger partial charge < -0.3 is 10.1 Å². The first-order valence-electron chi connectivity index (χ1n) is 9.68. The zero-order chi connectivity index (χ0) is 20.5. The highest BCUT2D eigenvalue weighted by molar-refractivity contribution is 7.92. The predicted octanol–water partition coefficient (Wildman–Crippen LogP) is 2.95. The lowest BCUT2D eigenvalue weighted by atomic mass is 9.94. The summed E-state index contributed by atoms with van der Waals surface area (Å²) < 4.78 is 45.9. The SMILES string of the molecule is O=C(NC[C@@H]1CCCO1)C1(c2ccc(NS(=O)(=O)c3ccc(F)cc3)cc2)CC1. The molecular weight excluding hydrogens is 395 g/mol. The molecule has 1 heterocycles. The zero-order valence-electron chi connectivity index (χ0n) is 15.9. The maximum Gasteiger partial charge on any atom is 0.261 e. The van der Waals surface area contributed by atoms with Crippen LogP contribution in [0.4, 0.5) is 10.1 Å². The minimum atomic E-state index is -3.81. The van der Waals surface area contributed by atoms with Crippen molar-refractivity contribution in [2.45, 2.75) is 42.1 Å². The van der Waals surface area contributed by atoms with Gasteiger partial charge >= 0.3 is 0 Å². The van der Waals surface area contributed by atoms with Crippen molar-refractivity contribution in [2.24, 2.45) is 0 Å². The van der Waals surface area contributed by atoms with Gasteiger partial charge in [-0.25, -0.2) is 12.8 Å². The van der Waals surface area contributed by atoms with E-state index in [9.17, 15) is 17.6 Å². The van der Waals surface area contributed by atoms with Crippen molar-refractivity contribution in [3.05, 3.63) is 59.9 Å². The summed E-state index contributed by atoms with van der Waals surface area (Å²) in [5.41, 5.74) is 0.716. The molecule has 1 atom stereocenters. The quantitative estimate of drug-likeness (QED) is 0.724. The lowest BCUT2D eigenvalue weighted by Gasteiger charge is -2.18. The maximum absolute atomic E-state index is 13.0. The Morgan fingerprint density at radius 1 is 1.10 bits per heavy atom. The van der Waals surface area contributed by atoms with E-state index in [2.05, 4.69) is 10.0 Å². The molecule has 0 spiro atoms. The summed E-state index contributed by atoms with van der Waals surface area (Å²) in [5.74, 6) is -0.506. The van der Waals surface area contributed by atoms with Crippen LogP contribution in [0.3, 0.4) is 0 Å². The first-order chi connectivity index (χ1) is 13.9. The summed E-state index contributed by atoms with van der Waals surface area (Å²) in [6.07, 6.45) is 3.63. The van der Waals surface area contributed by atoms with Crippen LogP contribution in [0.2, 0.25) is 0 Å². The molecule has 1 aliphatic heterocycles. The summed E-state index contributed by atoms with van der Waals surface area (Å²) in [6, 6.07) is 11.5. The van der Waals surface area contributed by atoms with Gasteiger partial charge in [0.2, 0.25) is 5.91 Å². The number of hydrogen-bond donors (Lipinski definition) is 2. The molecule has 1 amide bonds. The van der Waals surface area contributed by atoms with Gasteiger partial charge in [-0.05, 0) is 67.6 Å². The summed E-state index contributed by atoms with van der Waals surface area (Å²) in [6.45, 7) is 1.27. The van der Waals surface area contributed by atoms with E-state index >= 15 is 0 Å². The Labute approximate surface area is 169 Å². The number of rotatable bonds is 7. The number of sulfonamides is 1. The number of ether oxygens (including phenoxy) is 1. The van der Waals surface area contributed by atoms with Crippen molar-refractivity contribution in [1.29, 1.82) is 0 Å². The lowest BCUT2D eigenvalue weighted by Crippen LogP contribution is -2.39. The normalized spacial score (nSPS) is 20.2. The zero-order valence-corrected chi connectivity index (χ0v) is 16.7. The Kier molecular flexibility index (Phi) is 5.31. The van der Waals surface area contributed by atoms with E-state index in [0.29, 0.717) is 12.2 Å². The fourth-order valence-corrected chi connectivity index (χ4v) is 4.70. The van der Waals surface area contributed by atoms with Crippen LogP contribution in [0.5, 0.6) is 0 Å². The number of carbonyl (C=O) groups excluding carboxylic acids is 1. The molecule has 1 saturated heterocycles. The highest BCUT2D eigenvalue weighted by Crippen LogP contribution is 2.48. The number of halogens is 1. The van der Waals surface area contributed by atoms with E-state index in [1.165, 1.54) is 12.1 Å². The second-order valence-corrected chi connectivity index (χ2v) is 9.25. The molecule has 1 aliphatic carbocycles.